The van der Waals surface area contributed by atoms with Gasteiger partial charge in [-0.15, -0.1) is 0 Å². The second kappa shape index (κ2) is 5.83. The molecule has 0 radical (unpaired) electrons. The molecule has 0 fully saturated rings. The number of nitrogens with two attached hydrogens (primary N) is 1. The summed E-state index contributed by atoms with van der Waals surface area (Å²) in [7, 11) is 0. The summed E-state index contributed by atoms with van der Waals surface area (Å²) in [5, 5.41) is 0. The van der Waals surface area contributed by atoms with E-state index in [1.54, 1.807) is 0 Å². The molecule has 0 aliphatic carbocycles. The van der Waals surface area contributed by atoms with Crippen LogP contribution in [0.25, 0.3) is 11.3 Å². The Morgan fingerprint density at radius 1 is 1.11 bits per heavy atom. The van der Waals surface area contributed by atoms with E-state index in [2.05, 4.69) is 35.9 Å². The Morgan fingerprint density at radius 2 is 1.79 bits per heavy atom. The topological polar surface area (TPSA) is 51.8 Å². The maximum absolute atomic E-state index is 6.01. The van der Waals surface area contributed by atoms with Crippen molar-refractivity contribution in [3.05, 3.63) is 41.7 Å². The summed E-state index contributed by atoms with van der Waals surface area (Å²) >= 11 is 0. The van der Waals surface area contributed by atoms with Gasteiger partial charge in [-0.3, -0.25) is 0 Å². The SMILES string of the molecule is Cc1c(N)nc(CCC(C)C)nc1-c1ccccc1. The van der Waals surface area contributed by atoms with Crippen LogP contribution in [-0.4, -0.2) is 9.97 Å². The van der Waals surface area contributed by atoms with Gasteiger partial charge in [-0.2, -0.15) is 0 Å². The van der Waals surface area contributed by atoms with Gasteiger partial charge in [0.2, 0.25) is 0 Å². The van der Waals surface area contributed by atoms with Crippen LogP contribution in [0.2, 0.25) is 0 Å². The largest absolute Gasteiger partial charge is 0.383 e. The first-order chi connectivity index (χ1) is 9.08. The van der Waals surface area contributed by atoms with Gasteiger partial charge in [-0.05, 0) is 19.3 Å². The molecule has 19 heavy (non-hydrogen) atoms. The zero-order chi connectivity index (χ0) is 13.8. The molecular formula is C16H21N3. The van der Waals surface area contributed by atoms with Gasteiger partial charge in [0.1, 0.15) is 11.6 Å². The van der Waals surface area contributed by atoms with E-state index in [4.69, 9.17) is 5.73 Å². The Morgan fingerprint density at radius 3 is 2.42 bits per heavy atom. The molecule has 0 bridgehead atoms. The standard InChI is InChI=1S/C16H21N3/c1-11(2)9-10-14-18-15(12(3)16(17)19-14)13-7-5-4-6-8-13/h4-8,11H,9-10H2,1-3H3,(H2,17,18,19). The van der Waals surface area contributed by atoms with Gasteiger partial charge in [0.05, 0.1) is 5.69 Å². The van der Waals surface area contributed by atoms with Crippen LogP contribution in [0.4, 0.5) is 5.82 Å². The average Bonchev–Trinajstić information content (AvgIpc) is 2.41. The predicted octanol–water partition coefficient (Wildman–Crippen LogP) is 3.62. The van der Waals surface area contributed by atoms with E-state index < -0.39 is 0 Å². The fourth-order valence-electron chi connectivity index (χ4n) is 1.99. The van der Waals surface area contributed by atoms with Crippen molar-refractivity contribution in [1.82, 2.24) is 9.97 Å². The minimum atomic E-state index is 0.590. The number of hydrogen-bond acceptors (Lipinski definition) is 3. The van der Waals surface area contributed by atoms with Crippen LogP contribution >= 0.6 is 0 Å². The number of aryl methyl sites for hydroxylation is 1. The Bertz CT molecular complexity index is 547. The van der Waals surface area contributed by atoms with Crippen molar-refractivity contribution in [2.45, 2.75) is 33.6 Å². The summed E-state index contributed by atoms with van der Waals surface area (Å²) in [6.07, 6.45) is 1.96. The molecule has 2 rings (SSSR count). The number of anilines is 1. The molecule has 1 aromatic carbocycles. The molecule has 0 aliphatic rings. The monoisotopic (exact) mass is 255 g/mol. The normalized spacial score (nSPS) is 10.9. The first-order valence-electron chi connectivity index (χ1n) is 6.76. The van der Waals surface area contributed by atoms with Gasteiger partial charge in [0.15, 0.2) is 0 Å². The smallest absolute Gasteiger partial charge is 0.131 e. The van der Waals surface area contributed by atoms with E-state index in [1.807, 2.05) is 25.1 Å². The summed E-state index contributed by atoms with van der Waals surface area (Å²) in [5.74, 6) is 2.08. The van der Waals surface area contributed by atoms with E-state index in [-0.39, 0.29) is 0 Å². The van der Waals surface area contributed by atoms with Crippen LogP contribution in [-0.2, 0) is 6.42 Å². The first kappa shape index (κ1) is 13.5. The quantitative estimate of drug-likeness (QED) is 0.907. The second-order valence-corrected chi connectivity index (χ2v) is 5.30. The Hall–Kier alpha value is -1.90. The lowest BCUT2D eigenvalue weighted by Gasteiger charge is -2.11. The molecule has 3 nitrogen and oxygen atoms in total. The maximum atomic E-state index is 6.01. The molecule has 0 saturated heterocycles. The van der Waals surface area contributed by atoms with Gasteiger partial charge >= 0.3 is 0 Å². The fraction of sp³-hybridized carbons (Fsp3) is 0.375. The third-order valence-electron chi connectivity index (χ3n) is 3.22. The fourth-order valence-corrected chi connectivity index (χ4v) is 1.99. The molecule has 0 unspecified atom stereocenters. The molecule has 0 atom stereocenters. The molecule has 3 heteroatoms. The summed E-state index contributed by atoms with van der Waals surface area (Å²) in [6, 6.07) is 10.1. The lowest BCUT2D eigenvalue weighted by atomic mass is 10.1. The Kier molecular flexibility index (Phi) is 4.15. The van der Waals surface area contributed by atoms with Crippen molar-refractivity contribution in [2.24, 2.45) is 5.92 Å². The Balaban J connectivity index is 2.38. The lowest BCUT2D eigenvalue weighted by molar-refractivity contribution is 0.575. The molecule has 0 saturated carbocycles. The summed E-state index contributed by atoms with van der Waals surface area (Å²) in [4.78, 5) is 9.08. The van der Waals surface area contributed by atoms with Crippen LogP contribution < -0.4 is 5.73 Å². The number of hydrogen-bond donors (Lipinski definition) is 1. The average molecular weight is 255 g/mol. The van der Waals surface area contributed by atoms with Gasteiger partial charge < -0.3 is 5.73 Å². The lowest BCUT2D eigenvalue weighted by Crippen LogP contribution is -2.06. The second-order valence-electron chi connectivity index (χ2n) is 5.30. The van der Waals surface area contributed by atoms with Crippen molar-refractivity contribution in [3.63, 3.8) is 0 Å². The van der Waals surface area contributed by atoms with Crippen LogP contribution in [0, 0.1) is 12.8 Å². The molecule has 0 amide bonds. The molecule has 2 aromatic rings. The van der Waals surface area contributed by atoms with Crippen LogP contribution in [0.3, 0.4) is 0 Å². The first-order valence-corrected chi connectivity index (χ1v) is 6.76. The van der Waals surface area contributed by atoms with E-state index in [1.165, 1.54) is 0 Å². The van der Waals surface area contributed by atoms with Crippen LogP contribution in [0.5, 0.6) is 0 Å². The highest BCUT2D eigenvalue weighted by molar-refractivity contribution is 5.67. The van der Waals surface area contributed by atoms with Gasteiger partial charge in [0.25, 0.3) is 0 Å². The minimum Gasteiger partial charge on any atom is -0.383 e. The minimum absolute atomic E-state index is 0.590. The molecule has 0 aliphatic heterocycles. The molecule has 0 spiro atoms. The number of rotatable bonds is 4. The van der Waals surface area contributed by atoms with E-state index in [9.17, 15) is 0 Å². The highest BCUT2D eigenvalue weighted by Gasteiger charge is 2.10. The molecule has 100 valence electrons. The summed E-state index contributed by atoms with van der Waals surface area (Å²) < 4.78 is 0. The zero-order valence-electron chi connectivity index (χ0n) is 11.9. The summed E-state index contributed by atoms with van der Waals surface area (Å²) in [5.41, 5.74) is 9.02. The van der Waals surface area contributed by atoms with E-state index in [0.717, 1.165) is 35.5 Å². The maximum Gasteiger partial charge on any atom is 0.131 e. The molecule has 1 aromatic heterocycles. The molecule has 1 heterocycles. The van der Waals surface area contributed by atoms with Crippen LogP contribution in [0.15, 0.2) is 30.3 Å². The van der Waals surface area contributed by atoms with Crippen LogP contribution in [0.1, 0.15) is 31.7 Å². The van der Waals surface area contributed by atoms with Gasteiger partial charge in [-0.1, -0.05) is 44.2 Å². The number of nitrogen functional groups attached to an aromatic ring is 1. The van der Waals surface area contributed by atoms with Crippen molar-refractivity contribution in [3.8, 4) is 11.3 Å². The number of benzene rings is 1. The number of aromatic nitrogens is 2. The van der Waals surface area contributed by atoms with Crippen molar-refractivity contribution in [1.29, 1.82) is 0 Å². The van der Waals surface area contributed by atoms with Crippen molar-refractivity contribution >= 4 is 5.82 Å². The zero-order valence-corrected chi connectivity index (χ0v) is 11.9. The highest BCUT2D eigenvalue weighted by atomic mass is 15.0. The number of nitrogens with zero attached hydrogens (tertiary/aromatic N) is 2. The molecule has 2 N–H and O–H groups in total. The van der Waals surface area contributed by atoms with Crippen molar-refractivity contribution < 1.29 is 0 Å². The Labute approximate surface area is 114 Å². The van der Waals surface area contributed by atoms with E-state index >= 15 is 0 Å². The third-order valence-corrected chi connectivity index (χ3v) is 3.22. The third kappa shape index (κ3) is 3.31. The van der Waals surface area contributed by atoms with Gasteiger partial charge in [-0.25, -0.2) is 9.97 Å². The summed E-state index contributed by atoms with van der Waals surface area (Å²) in [6.45, 7) is 6.38. The highest BCUT2D eigenvalue weighted by Crippen LogP contribution is 2.24. The predicted molar refractivity (Wildman–Crippen MR) is 79.8 cm³/mol. The van der Waals surface area contributed by atoms with Gasteiger partial charge in [0, 0.05) is 17.5 Å². The van der Waals surface area contributed by atoms with E-state index in [0.29, 0.717) is 11.7 Å². The van der Waals surface area contributed by atoms with Crippen molar-refractivity contribution in [2.75, 3.05) is 5.73 Å². The molecular weight excluding hydrogens is 234 g/mol.